The summed E-state index contributed by atoms with van der Waals surface area (Å²) in [6, 6.07) is 26.3. The van der Waals surface area contributed by atoms with Crippen LogP contribution < -0.4 is 0 Å². The van der Waals surface area contributed by atoms with E-state index in [4.69, 9.17) is 4.74 Å². The second-order valence-electron chi connectivity index (χ2n) is 9.55. The summed E-state index contributed by atoms with van der Waals surface area (Å²) < 4.78 is 34.3. The molecule has 1 saturated heterocycles. The number of piperidine rings is 1. The minimum atomic E-state index is -3.79. The first kappa shape index (κ1) is 26.1. The van der Waals surface area contributed by atoms with Gasteiger partial charge in [-0.15, -0.1) is 0 Å². The third-order valence-electron chi connectivity index (χ3n) is 6.83. The molecule has 1 unspecified atom stereocenters. The number of rotatable bonds is 10. The normalized spacial score (nSPS) is 16.7. The van der Waals surface area contributed by atoms with Crippen LogP contribution in [0.25, 0.3) is 0 Å². The van der Waals surface area contributed by atoms with Crippen molar-refractivity contribution in [1.29, 1.82) is 0 Å². The van der Waals surface area contributed by atoms with Gasteiger partial charge in [0.2, 0.25) is 10.0 Å². The van der Waals surface area contributed by atoms with Crippen LogP contribution in [-0.2, 0) is 32.4 Å². The van der Waals surface area contributed by atoms with Crippen LogP contribution >= 0.6 is 0 Å². The summed E-state index contributed by atoms with van der Waals surface area (Å²) in [5, 5.41) is 0. The number of sulfonamides is 1. The van der Waals surface area contributed by atoms with Crippen molar-refractivity contribution >= 4 is 16.0 Å². The number of benzene rings is 3. The molecular formula is C30H35NO4S. The molecule has 0 N–H and O–H groups in total. The Morgan fingerprint density at radius 3 is 1.97 bits per heavy atom. The van der Waals surface area contributed by atoms with E-state index >= 15 is 0 Å². The molecule has 0 radical (unpaired) electrons. The van der Waals surface area contributed by atoms with Crippen LogP contribution in [0.2, 0.25) is 0 Å². The number of esters is 1. The molecular weight excluding hydrogens is 470 g/mol. The first-order valence-corrected chi connectivity index (χ1v) is 14.2. The summed E-state index contributed by atoms with van der Waals surface area (Å²) in [7, 11) is -3.79. The second-order valence-corrected chi connectivity index (χ2v) is 11.4. The Balaban J connectivity index is 1.48. The van der Waals surface area contributed by atoms with Crippen molar-refractivity contribution in [3.63, 3.8) is 0 Å². The number of hydrogen-bond donors (Lipinski definition) is 0. The molecule has 3 aromatic rings. The molecule has 1 aliphatic rings. The van der Waals surface area contributed by atoms with E-state index in [0.717, 1.165) is 31.2 Å². The van der Waals surface area contributed by atoms with Crippen LogP contribution in [0.4, 0.5) is 0 Å². The molecule has 36 heavy (non-hydrogen) atoms. The van der Waals surface area contributed by atoms with E-state index in [-0.39, 0.29) is 11.0 Å². The molecule has 6 heteroatoms. The number of hydrogen-bond acceptors (Lipinski definition) is 4. The highest BCUT2D eigenvalue weighted by molar-refractivity contribution is 7.89. The average Bonchev–Trinajstić information content (AvgIpc) is 2.91. The molecule has 3 aromatic carbocycles. The van der Waals surface area contributed by atoms with E-state index in [1.165, 1.54) is 15.4 Å². The minimum Gasteiger partial charge on any atom is -0.461 e. The Labute approximate surface area is 215 Å². The van der Waals surface area contributed by atoms with Gasteiger partial charge in [0.25, 0.3) is 0 Å². The van der Waals surface area contributed by atoms with Gasteiger partial charge in [-0.2, -0.15) is 4.31 Å². The minimum absolute atomic E-state index is 0.220. The first-order valence-electron chi connectivity index (χ1n) is 12.8. The Morgan fingerprint density at radius 2 is 1.42 bits per heavy atom. The van der Waals surface area contributed by atoms with Crippen molar-refractivity contribution in [3.05, 3.63) is 102 Å². The van der Waals surface area contributed by atoms with E-state index in [9.17, 15) is 13.2 Å². The lowest BCUT2D eigenvalue weighted by molar-refractivity contribution is -0.155. The Hall–Kier alpha value is -2.96. The van der Waals surface area contributed by atoms with Crippen molar-refractivity contribution in [2.45, 2.75) is 68.9 Å². The van der Waals surface area contributed by atoms with Gasteiger partial charge in [-0.3, -0.25) is 4.79 Å². The number of ether oxygens (including phenoxy) is 1. The fourth-order valence-corrected chi connectivity index (χ4v) is 6.37. The maximum Gasteiger partial charge on any atom is 0.324 e. The highest BCUT2D eigenvalue weighted by Gasteiger charge is 2.39. The number of aryl methyl sites for hydroxylation is 3. The maximum absolute atomic E-state index is 13.4. The molecule has 1 fully saturated rings. The standard InChI is InChI=1S/C30H35NO4S/c1-24-15-21-28(22-16-24)36(33,34)31-23-9-8-14-29(31)30(32)35-27(19-17-25-10-4-2-5-11-25)20-18-26-12-6-3-7-13-26/h2-7,10-13,15-16,21-22,27,29H,8-9,14,17-20,23H2,1H3. The zero-order valence-electron chi connectivity index (χ0n) is 20.9. The van der Waals surface area contributed by atoms with Crippen LogP contribution in [0.1, 0.15) is 48.8 Å². The fraction of sp³-hybridized carbons (Fsp3) is 0.367. The number of carbonyl (C=O) groups is 1. The van der Waals surface area contributed by atoms with Crippen LogP contribution in [0.3, 0.4) is 0 Å². The van der Waals surface area contributed by atoms with E-state index < -0.39 is 22.0 Å². The van der Waals surface area contributed by atoms with Gasteiger partial charge in [0.15, 0.2) is 0 Å². The molecule has 1 heterocycles. The first-order chi connectivity index (χ1) is 17.4. The van der Waals surface area contributed by atoms with Gasteiger partial charge < -0.3 is 4.74 Å². The zero-order chi connectivity index (χ0) is 25.4. The van der Waals surface area contributed by atoms with Crippen molar-refractivity contribution in [2.24, 2.45) is 0 Å². The summed E-state index contributed by atoms with van der Waals surface area (Å²) >= 11 is 0. The molecule has 0 saturated carbocycles. The van der Waals surface area contributed by atoms with Gasteiger partial charge in [-0.05, 0) is 75.1 Å². The van der Waals surface area contributed by atoms with Crippen molar-refractivity contribution in [3.8, 4) is 0 Å². The smallest absolute Gasteiger partial charge is 0.324 e. The molecule has 0 spiro atoms. The van der Waals surface area contributed by atoms with Gasteiger partial charge in [0.1, 0.15) is 12.1 Å². The Kier molecular flexibility index (Phi) is 8.94. The number of nitrogens with zero attached hydrogens (tertiary/aromatic N) is 1. The SMILES string of the molecule is Cc1ccc(S(=O)(=O)N2CCCCC2C(=O)OC(CCc2ccccc2)CCc2ccccc2)cc1. The van der Waals surface area contributed by atoms with E-state index in [1.807, 2.05) is 43.3 Å². The Morgan fingerprint density at radius 1 is 0.861 bits per heavy atom. The molecule has 5 nitrogen and oxygen atoms in total. The molecule has 0 amide bonds. The monoisotopic (exact) mass is 505 g/mol. The largest absolute Gasteiger partial charge is 0.461 e. The molecule has 1 aliphatic heterocycles. The van der Waals surface area contributed by atoms with E-state index in [2.05, 4.69) is 24.3 Å². The summed E-state index contributed by atoms with van der Waals surface area (Å²) in [5.41, 5.74) is 3.38. The van der Waals surface area contributed by atoms with Crippen LogP contribution in [-0.4, -0.2) is 37.4 Å². The fourth-order valence-electron chi connectivity index (χ4n) is 4.72. The van der Waals surface area contributed by atoms with Crippen molar-refractivity contribution in [1.82, 2.24) is 4.31 Å². The van der Waals surface area contributed by atoms with Gasteiger partial charge >= 0.3 is 5.97 Å². The summed E-state index contributed by atoms with van der Waals surface area (Å²) in [5.74, 6) is -0.434. The molecule has 0 aliphatic carbocycles. The van der Waals surface area contributed by atoms with Crippen LogP contribution in [0, 0.1) is 6.92 Å². The third-order valence-corrected chi connectivity index (χ3v) is 8.75. The summed E-state index contributed by atoms with van der Waals surface area (Å²) in [6.07, 6.45) is 4.71. The zero-order valence-corrected chi connectivity index (χ0v) is 21.7. The lowest BCUT2D eigenvalue weighted by Crippen LogP contribution is -2.49. The summed E-state index contributed by atoms with van der Waals surface area (Å²) in [6.45, 7) is 2.25. The number of carbonyl (C=O) groups excluding carboxylic acids is 1. The van der Waals surface area contributed by atoms with Gasteiger partial charge in [0, 0.05) is 6.54 Å². The highest BCUT2D eigenvalue weighted by atomic mass is 32.2. The molecule has 4 rings (SSSR count). The van der Waals surface area contributed by atoms with Gasteiger partial charge in [-0.25, -0.2) is 8.42 Å². The predicted octanol–water partition coefficient (Wildman–Crippen LogP) is 5.72. The van der Waals surface area contributed by atoms with Crippen molar-refractivity contribution in [2.75, 3.05) is 6.54 Å². The maximum atomic E-state index is 13.4. The molecule has 1 atom stereocenters. The van der Waals surface area contributed by atoms with Gasteiger partial charge in [-0.1, -0.05) is 78.4 Å². The molecule has 0 aromatic heterocycles. The highest BCUT2D eigenvalue weighted by Crippen LogP contribution is 2.27. The van der Waals surface area contributed by atoms with Crippen LogP contribution in [0.15, 0.2) is 89.8 Å². The van der Waals surface area contributed by atoms with E-state index in [1.54, 1.807) is 24.3 Å². The quantitative estimate of drug-likeness (QED) is 0.331. The molecule has 190 valence electrons. The topological polar surface area (TPSA) is 63.7 Å². The average molecular weight is 506 g/mol. The van der Waals surface area contributed by atoms with Gasteiger partial charge in [0.05, 0.1) is 4.90 Å². The van der Waals surface area contributed by atoms with Crippen molar-refractivity contribution < 1.29 is 17.9 Å². The third kappa shape index (κ3) is 6.83. The summed E-state index contributed by atoms with van der Waals surface area (Å²) in [4.78, 5) is 13.7. The molecule has 0 bridgehead atoms. The van der Waals surface area contributed by atoms with Crippen LogP contribution in [0.5, 0.6) is 0 Å². The lowest BCUT2D eigenvalue weighted by Gasteiger charge is -2.34. The second kappa shape index (κ2) is 12.3. The Bertz CT molecular complexity index is 1170. The predicted molar refractivity (Wildman–Crippen MR) is 142 cm³/mol. The van der Waals surface area contributed by atoms with E-state index in [0.29, 0.717) is 25.8 Å². The lowest BCUT2D eigenvalue weighted by atomic mass is 10.0.